The maximum atomic E-state index is 11.6. The van der Waals surface area contributed by atoms with Gasteiger partial charge in [0, 0.05) is 12.0 Å². The molecule has 152 valence electrons. The zero-order valence-electron chi connectivity index (χ0n) is 18.3. The van der Waals surface area contributed by atoms with E-state index in [2.05, 4.69) is 71.1 Å². The van der Waals surface area contributed by atoms with Gasteiger partial charge in [-0.2, -0.15) is 0 Å². The van der Waals surface area contributed by atoms with E-state index in [1.165, 1.54) is 12.0 Å². The van der Waals surface area contributed by atoms with Crippen molar-refractivity contribution in [1.29, 1.82) is 0 Å². The number of hydrogen-bond donors (Lipinski definition) is 1. The third-order valence-electron chi connectivity index (χ3n) is 8.39. The first-order valence-electron chi connectivity index (χ1n) is 10.9. The van der Waals surface area contributed by atoms with Gasteiger partial charge in [-0.25, -0.2) is 0 Å². The van der Waals surface area contributed by atoms with Gasteiger partial charge < -0.3 is 9.53 Å². The smallest absolute Gasteiger partial charge is 0.191 e. The van der Waals surface area contributed by atoms with Gasteiger partial charge in [0.1, 0.15) is 0 Å². The van der Waals surface area contributed by atoms with E-state index < -0.39 is 13.9 Å². The summed E-state index contributed by atoms with van der Waals surface area (Å²) in [5.41, 5.74) is 0.917. The standard InChI is InChI=1S/C24H40O2Si/c1-22(2,3)27(5,6)26-18-21-13-15-24(25)17-20(12-14-23(21,24)4)16-19-10-8-7-9-11-19/h7-11,20-21,25H,12-18H2,1-6H3/t20-,21+,23+,24-/m0/s1. The molecule has 2 nitrogen and oxygen atoms in total. The Morgan fingerprint density at radius 3 is 2.41 bits per heavy atom. The van der Waals surface area contributed by atoms with E-state index in [4.69, 9.17) is 4.43 Å². The Hall–Kier alpha value is -0.643. The topological polar surface area (TPSA) is 29.5 Å². The Kier molecular flexibility index (Phi) is 5.71. The summed E-state index contributed by atoms with van der Waals surface area (Å²) in [6, 6.07) is 10.8. The van der Waals surface area contributed by atoms with Gasteiger partial charge in [0.05, 0.1) is 5.60 Å². The fourth-order valence-corrected chi connectivity index (χ4v) is 6.22. The van der Waals surface area contributed by atoms with Gasteiger partial charge in [0.2, 0.25) is 0 Å². The molecule has 0 spiro atoms. The summed E-state index contributed by atoms with van der Waals surface area (Å²) < 4.78 is 6.59. The quantitative estimate of drug-likeness (QED) is 0.609. The maximum absolute atomic E-state index is 11.6. The first kappa shape index (κ1) is 21.1. The minimum atomic E-state index is -1.73. The van der Waals surface area contributed by atoms with Crippen LogP contribution in [0.4, 0.5) is 0 Å². The minimum absolute atomic E-state index is 0.0164. The normalized spacial score (nSPS) is 34.5. The fourth-order valence-electron chi connectivity index (χ4n) is 5.17. The highest BCUT2D eigenvalue weighted by molar-refractivity contribution is 6.74. The fraction of sp³-hybridized carbons (Fsp3) is 0.750. The van der Waals surface area contributed by atoms with E-state index in [0.717, 1.165) is 38.7 Å². The molecule has 0 bridgehead atoms. The highest BCUT2D eigenvalue weighted by atomic mass is 28.4. The van der Waals surface area contributed by atoms with Crippen LogP contribution in [-0.4, -0.2) is 25.6 Å². The van der Waals surface area contributed by atoms with Gasteiger partial charge in [0.15, 0.2) is 8.32 Å². The molecular formula is C24H40O2Si. The van der Waals surface area contributed by atoms with Gasteiger partial charge in [-0.1, -0.05) is 58.0 Å². The Morgan fingerprint density at radius 1 is 1.11 bits per heavy atom. The molecule has 0 aromatic heterocycles. The zero-order valence-corrected chi connectivity index (χ0v) is 19.3. The van der Waals surface area contributed by atoms with Crippen LogP contribution < -0.4 is 0 Å². The highest BCUT2D eigenvalue weighted by Crippen LogP contribution is 2.59. The van der Waals surface area contributed by atoms with E-state index in [0.29, 0.717) is 11.8 Å². The molecule has 3 rings (SSSR count). The van der Waals surface area contributed by atoms with Crippen molar-refractivity contribution >= 4 is 8.32 Å². The average molecular weight is 389 g/mol. The molecule has 0 radical (unpaired) electrons. The second-order valence-corrected chi connectivity index (χ2v) is 15.9. The maximum Gasteiger partial charge on any atom is 0.191 e. The molecule has 0 aliphatic heterocycles. The van der Waals surface area contributed by atoms with Gasteiger partial charge >= 0.3 is 0 Å². The van der Waals surface area contributed by atoms with Crippen LogP contribution >= 0.6 is 0 Å². The Bertz CT molecular complexity index is 636. The molecule has 1 aromatic carbocycles. The van der Waals surface area contributed by atoms with E-state index >= 15 is 0 Å². The van der Waals surface area contributed by atoms with E-state index in [-0.39, 0.29) is 10.5 Å². The van der Waals surface area contributed by atoms with Crippen LogP contribution in [0.25, 0.3) is 0 Å². The van der Waals surface area contributed by atoms with Gasteiger partial charge in [0.25, 0.3) is 0 Å². The van der Waals surface area contributed by atoms with E-state index in [1.807, 2.05) is 0 Å². The summed E-state index contributed by atoms with van der Waals surface area (Å²) in [6.45, 7) is 14.8. The molecule has 1 aromatic rings. The van der Waals surface area contributed by atoms with E-state index in [1.54, 1.807) is 0 Å². The van der Waals surface area contributed by atoms with Crippen molar-refractivity contribution in [2.24, 2.45) is 17.3 Å². The lowest BCUT2D eigenvalue weighted by atomic mass is 9.59. The second kappa shape index (κ2) is 7.31. The molecule has 0 saturated heterocycles. The lowest BCUT2D eigenvalue weighted by Gasteiger charge is -2.50. The van der Waals surface area contributed by atoms with Crippen molar-refractivity contribution in [2.45, 2.75) is 90.0 Å². The third-order valence-corrected chi connectivity index (χ3v) is 12.9. The molecule has 0 amide bonds. The molecular weight excluding hydrogens is 348 g/mol. The first-order chi connectivity index (χ1) is 12.5. The Balaban J connectivity index is 1.65. The van der Waals surface area contributed by atoms with Gasteiger partial charge in [-0.05, 0) is 74.1 Å². The number of benzene rings is 1. The summed E-state index contributed by atoms with van der Waals surface area (Å²) in [6.07, 6.45) is 6.47. The highest BCUT2D eigenvalue weighted by Gasteiger charge is 2.59. The van der Waals surface area contributed by atoms with Crippen LogP contribution in [0.5, 0.6) is 0 Å². The molecule has 1 N–H and O–H groups in total. The molecule has 0 heterocycles. The predicted octanol–water partition coefficient (Wildman–Crippen LogP) is 6.20. The van der Waals surface area contributed by atoms with Crippen molar-refractivity contribution in [3.8, 4) is 0 Å². The van der Waals surface area contributed by atoms with Crippen LogP contribution in [0.3, 0.4) is 0 Å². The molecule has 2 aliphatic carbocycles. The SMILES string of the molecule is CC(C)(C)[Si](C)(C)OC[C@H]1CC[C@]2(O)C[C@H](Cc3ccccc3)CC[C@]12C. The molecule has 3 heteroatoms. The third kappa shape index (κ3) is 4.06. The summed E-state index contributed by atoms with van der Waals surface area (Å²) >= 11 is 0. The molecule has 27 heavy (non-hydrogen) atoms. The van der Waals surface area contributed by atoms with Gasteiger partial charge in [-0.3, -0.25) is 0 Å². The van der Waals surface area contributed by atoms with Crippen LogP contribution in [-0.2, 0) is 10.8 Å². The molecule has 2 saturated carbocycles. The Labute approximate surface area is 167 Å². The Morgan fingerprint density at radius 2 is 1.78 bits per heavy atom. The van der Waals surface area contributed by atoms with Gasteiger partial charge in [-0.15, -0.1) is 0 Å². The van der Waals surface area contributed by atoms with Crippen LogP contribution in [0.1, 0.15) is 65.4 Å². The first-order valence-corrected chi connectivity index (χ1v) is 13.8. The summed E-state index contributed by atoms with van der Waals surface area (Å²) in [4.78, 5) is 0. The number of fused-ring (bicyclic) bond motifs is 1. The minimum Gasteiger partial charge on any atom is -0.417 e. The summed E-state index contributed by atoms with van der Waals surface area (Å²) in [7, 11) is -1.73. The molecule has 4 atom stereocenters. The van der Waals surface area contributed by atoms with Crippen LogP contribution in [0.15, 0.2) is 30.3 Å². The largest absolute Gasteiger partial charge is 0.417 e. The van der Waals surface area contributed by atoms with Crippen molar-refractivity contribution in [3.05, 3.63) is 35.9 Å². The molecule has 0 unspecified atom stereocenters. The monoisotopic (exact) mass is 388 g/mol. The van der Waals surface area contributed by atoms with Crippen molar-refractivity contribution in [1.82, 2.24) is 0 Å². The van der Waals surface area contributed by atoms with Crippen molar-refractivity contribution in [2.75, 3.05) is 6.61 Å². The molecule has 2 fully saturated rings. The van der Waals surface area contributed by atoms with Crippen LogP contribution in [0, 0.1) is 17.3 Å². The predicted molar refractivity (Wildman–Crippen MR) is 116 cm³/mol. The lowest BCUT2D eigenvalue weighted by molar-refractivity contribution is -0.118. The van der Waals surface area contributed by atoms with E-state index in [9.17, 15) is 5.11 Å². The van der Waals surface area contributed by atoms with Crippen molar-refractivity contribution < 1.29 is 9.53 Å². The average Bonchev–Trinajstić information content (AvgIpc) is 2.84. The summed E-state index contributed by atoms with van der Waals surface area (Å²) in [5, 5.41) is 11.9. The second-order valence-electron chi connectivity index (χ2n) is 11.1. The summed E-state index contributed by atoms with van der Waals surface area (Å²) in [5.74, 6) is 1.10. The number of rotatable bonds is 5. The van der Waals surface area contributed by atoms with Crippen molar-refractivity contribution in [3.63, 3.8) is 0 Å². The number of hydrogen-bond acceptors (Lipinski definition) is 2. The molecule has 2 aliphatic rings. The number of aliphatic hydroxyl groups is 1. The lowest BCUT2D eigenvalue weighted by Crippen LogP contribution is -2.51. The van der Waals surface area contributed by atoms with Crippen LogP contribution in [0.2, 0.25) is 18.1 Å². The zero-order chi connectivity index (χ0) is 19.9.